The summed E-state index contributed by atoms with van der Waals surface area (Å²) in [6.45, 7) is 5.82. The van der Waals surface area contributed by atoms with Crippen LogP contribution in [0, 0.1) is 0 Å². The standard InChI is InChI=1S/C16H30O3/c1-3-4-5-6-7-8-9-10-11-12-13-14-15(2)19-16(17)18/h2-14H2,1H3,(H,17,18). The molecule has 0 heterocycles. The van der Waals surface area contributed by atoms with E-state index in [-0.39, 0.29) is 0 Å². The molecule has 19 heavy (non-hydrogen) atoms. The lowest BCUT2D eigenvalue weighted by Crippen LogP contribution is -1.99. The van der Waals surface area contributed by atoms with Crippen molar-refractivity contribution >= 4 is 6.16 Å². The monoisotopic (exact) mass is 270 g/mol. The van der Waals surface area contributed by atoms with Crippen LogP contribution < -0.4 is 0 Å². The fourth-order valence-electron chi connectivity index (χ4n) is 2.16. The van der Waals surface area contributed by atoms with E-state index in [1.54, 1.807) is 0 Å². The molecule has 0 saturated heterocycles. The summed E-state index contributed by atoms with van der Waals surface area (Å²) in [7, 11) is 0. The third kappa shape index (κ3) is 15.0. The maximum Gasteiger partial charge on any atom is 0.510 e. The van der Waals surface area contributed by atoms with Crippen LogP contribution in [-0.4, -0.2) is 11.3 Å². The van der Waals surface area contributed by atoms with Crippen LogP contribution in [-0.2, 0) is 4.74 Å². The number of rotatable bonds is 13. The fourth-order valence-corrected chi connectivity index (χ4v) is 2.16. The Morgan fingerprint density at radius 2 is 1.32 bits per heavy atom. The molecule has 0 amide bonds. The van der Waals surface area contributed by atoms with Gasteiger partial charge in [-0.2, -0.15) is 0 Å². The largest absolute Gasteiger partial charge is 0.510 e. The molecule has 0 fully saturated rings. The van der Waals surface area contributed by atoms with Crippen molar-refractivity contribution in [2.45, 2.75) is 84.0 Å². The Morgan fingerprint density at radius 3 is 1.74 bits per heavy atom. The normalized spacial score (nSPS) is 10.4. The first kappa shape index (κ1) is 18.0. The Bertz CT molecular complexity index is 236. The zero-order valence-electron chi connectivity index (χ0n) is 12.5. The highest BCUT2D eigenvalue weighted by Gasteiger charge is 2.01. The molecule has 0 aliphatic heterocycles. The van der Waals surface area contributed by atoms with Crippen molar-refractivity contribution in [2.75, 3.05) is 0 Å². The van der Waals surface area contributed by atoms with Crippen molar-refractivity contribution in [1.29, 1.82) is 0 Å². The first-order valence-corrected chi connectivity index (χ1v) is 7.75. The quantitative estimate of drug-likeness (QED) is 0.257. The highest BCUT2D eigenvalue weighted by molar-refractivity contribution is 5.58. The molecule has 1 N–H and O–H groups in total. The SMILES string of the molecule is C=C(CCCCCCCCCCCCC)OC(=O)O. The van der Waals surface area contributed by atoms with Crippen molar-refractivity contribution in [2.24, 2.45) is 0 Å². The molecule has 3 nitrogen and oxygen atoms in total. The topological polar surface area (TPSA) is 46.5 Å². The van der Waals surface area contributed by atoms with Gasteiger partial charge in [0.05, 0.1) is 0 Å². The molecule has 0 unspecified atom stereocenters. The second-order valence-electron chi connectivity index (χ2n) is 5.19. The van der Waals surface area contributed by atoms with Crippen LogP contribution in [0.2, 0.25) is 0 Å². The number of hydrogen-bond acceptors (Lipinski definition) is 2. The average Bonchev–Trinajstić information content (AvgIpc) is 2.35. The van der Waals surface area contributed by atoms with Crippen molar-refractivity contribution < 1.29 is 14.6 Å². The van der Waals surface area contributed by atoms with Gasteiger partial charge in [-0.15, -0.1) is 0 Å². The molecule has 0 atom stereocenters. The molecule has 0 radical (unpaired) electrons. The molecule has 112 valence electrons. The van der Waals surface area contributed by atoms with Crippen LogP contribution in [0.4, 0.5) is 4.79 Å². The lowest BCUT2D eigenvalue weighted by atomic mass is 10.1. The average molecular weight is 270 g/mol. The van der Waals surface area contributed by atoms with E-state index < -0.39 is 6.16 Å². The van der Waals surface area contributed by atoms with Crippen molar-refractivity contribution in [3.63, 3.8) is 0 Å². The van der Waals surface area contributed by atoms with E-state index in [0.29, 0.717) is 12.2 Å². The van der Waals surface area contributed by atoms with E-state index >= 15 is 0 Å². The molecule has 0 aliphatic rings. The Balaban J connectivity index is 3.10. The van der Waals surface area contributed by atoms with Crippen LogP contribution in [0.25, 0.3) is 0 Å². The van der Waals surface area contributed by atoms with Gasteiger partial charge in [-0.3, -0.25) is 0 Å². The summed E-state index contributed by atoms with van der Waals surface area (Å²) in [5.74, 6) is 0.364. The molecular formula is C16H30O3. The Kier molecular flexibility index (Phi) is 12.7. The third-order valence-electron chi connectivity index (χ3n) is 3.29. The van der Waals surface area contributed by atoms with Crippen LogP contribution in [0.5, 0.6) is 0 Å². The maximum absolute atomic E-state index is 10.2. The van der Waals surface area contributed by atoms with E-state index in [1.165, 1.54) is 57.8 Å². The smallest absolute Gasteiger partial charge is 0.449 e. The van der Waals surface area contributed by atoms with Gasteiger partial charge in [0.25, 0.3) is 0 Å². The summed E-state index contributed by atoms with van der Waals surface area (Å²) in [5, 5.41) is 8.38. The molecule has 0 aromatic heterocycles. The summed E-state index contributed by atoms with van der Waals surface area (Å²) in [6, 6.07) is 0. The zero-order chi connectivity index (χ0) is 14.3. The highest BCUT2D eigenvalue weighted by atomic mass is 16.7. The second kappa shape index (κ2) is 13.4. The summed E-state index contributed by atoms with van der Waals surface area (Å²) in [4.78, 5) is 10.2. The number of carbonyl (C=O) groups is 1. The van der Waals surface area contributed by atoms with Crippen LogP contribution >= 0.6 is 0 Å². The van der Waals surface area contributed by atoms with Crippen LogP contribution in [0.3, 0.4) is 0 Å². The van der Waals surface area contributed by atoms with Crippen molar-refractivity contribution in [1.82, 2.24) is 0 Å². The van der Waals surface area contributed by atoms with Gasteiger partial charge in [0, 0.05) is 6.42 Å². The van der Waals surface area contributed by atoms with Gasteiger partial charge in [0.2, 0.25) is 0 Å². The van der Waals surface area contributed by atoms with E-state index in [9.17, 15) is 4.79 Å². The van der Waals surface area contributed by atoms with Crippen LogP contribution in [0.15, 0.2) is 12.3 Å². The maximum atomic E-state index is 10.2. The number of allylic oxidation sites excluding steroid dienone is 1. The van der Waals surface area contributed by atoms with Gasteiger partial charge in [-0.1, -0.05) is 77.7 Å². The summed E-state index contributed by atoms with van der Waals surface area (Å²) < 4.78 is 4.46. The molecule has 0 bridgehead atoms. The molecule has 0 aromatic carbocycles. The minimum absolute atomic E-state index is 0.364. The molecule has 0 saturated carbocycles. The zero-order valence-corrected chi connectivity index (χ0v) is 12.5. The summed E-state index contributed by atoms with van der Waals surface area (Å²) in [6.07, 6.45) is 13.6. The second-order valence-corrected chi connectivity index (χ2v) is 5.19. The summed E-state index contributed by atoms with van der Waals surface area (Å²) in [5.41, 5.74) is 0. The first-order chi connectivity index (χ1) is 9.16. The summed E-state index contributed by atoms with van der Waals surface area (Å²) >= 11 is 0. The van der Waals surface area contributed by atoms with Gasteiger partial charge in [-0.25, -0.2) is 4.79 Å². The van der Waals surface area contributed by atoms with Gasteiger partial charge < -0.3 is 9.84 Å². The number of carboxylic acid groups (broad SMARTS) is 1. The number of ether oxygens (including phenoxy) is 1. The Labute approximate surface area is 118 Å². The van der Waals surface area contributed by atoms with E-state index in [1.807, 2.05) is 0 Å². The van der Waals surface area contributed by atoms with Crippen molar-refractivity contribution in [3.05, 3.63) is 12.3 Å². The van der Waals surface area contributed by atoms with E-state index in [4.69, 9.17) is 5.11 Å². The van der Waals surface area contributed by atoms with Gasteiger partial charge >= 0.3 is 6.16 Å². The number of hydrogen-bond donors (Lipinski definition) is 1. The van der Waals surface area contributed by atoms with Gasteiger partial charge in [0.15, 0.2) is 0 Å². The minimum atomic E-state index is -1.26. The number of unbranched alkanes of at least 4 members (excludes halogenated alkanes) is 10. The van der Waals surface area contributed by atoms with E-state index in [2.05, 4.69) is 18.2 Å². The minimum Gasteiger partial charge on any atom is -0.449 e. The molecular weight excluding hydrogens is 240 g/mol. The first-order valence-electron chi connectivity index (χ1n) is 7.75. The predicted octanol–water partition coefficient (Wildman–Crippen LogP) is 5.90. The Hall–Kier alpha value is -0.990. The third-order valence-corrected chi connectivity index (χ3v) is 3.29. The molecule has 3 heteroatoms. The van der Waals surface area contributed by atoms with Crippen molar-refractivity contribution in [3.8, 4) is 0 Å². The fraction of sp³-hybridized carbons (Fsp3) is 0.812. The molecule has 0 aromatic rings. The van der Waals surface area contributed by atoms with Gasteiger partial charge in [0.1, 0.15) is 5.76 Å². The van der Waals surface area contributed by atoms with Gasteiger partial charge in [-0.05, 0) is 6.42 Å². The van der Waals surface area contributed by atoms with E-state index in [0.717, 1.165) is 12.8 Å². The molecule has 0 aliphatic carbocycles. The molecule has 0 spiro atoms. The molecule has 0 rings (SSSR count). The lowest BCUT2D eigenvalue weighted by Gasteiger charge is -2.04. The van der Waals surface area contributed by atoms with Crippen LogP contribution in [0.1, 0.15) is 84.0 Å². The lowest BCUT2D eigenvalue weighted by molar-refractivity contribution is 0.116. The Morgan fingerprint density at radius 1 is 0.895 bits per heavy atom. The predicted molar refractivity (Wildman–Crippen MR) is 79.3 cm³/mol. The highest BCUT2D eigenvalue weighted by Crippen LogP contribution is 2.13.